The van der Waals surface area contributed by atoms with Gasteiger partial charge in [-0.05, 0) is 18.6 Å². The van der Waals surface area contributed by atoms with Crippen LogP contribution in [0.1, 0.15) is 19.8 Å². The van der Waals surface area contributed by atoms with E-state index in [1.165, 1.54) is 0 Å². The van der Waals surface area contributed by atoms with Gasteiger partial charge < -0.3 is 19.9 Å². The van der Waals surface area contributed by atoms with Crippen LogP contribution in [0.2, 0.25) is 0 Å². The number of nitrogens with two attached hydrogens (primary N) is 1. The molecule has 1 aromatic rings. The topological polar surface area (TPSA) is 53.7 Å². The van der Waals surface area contributed by atoms with Crippen LogP contribution in [0.4, 0.5) is 5.69 Å². The zero-order chi connectivity index (χ0) is 12.5. The number of hydrogen-bond donors (Lipinski definition) is 1. The summed E-state index contributed by atoms with van der Waals surface area (Å²) in [6.07, 6.45) is 2.23. The first-order valence-electron chi connectivity index (χ1n) is 5.92. The lowest BCUT2D eigenvalue weighted by molar-refractivity contribution is 0.0983. The summed E-state index contributed by atoms with van der Waals surface area (Å²) < 4.78 is 16.0. The molecule has 0 saturated heterocycles. The van der Waals surface area contributed by atoms with Crippen LogP contribution in [0.15, 0.2) is 18.2 Å². The number of methoxy groups -OCH3 is 1. The Balaban J connectivity index is 2.27. The van der Waals surface area contributed by atoms with E-state index >= 15 is 0 Å². The van der Waals surface area contributed by atoms with Crippen LogP contribution in [0.25, 0.3) is 0 Å². The van der Waals surface area contributed by atoms with Gasteiger partial charge in [0.1, 0.15) is 18.1 Å². The van der Waals surface area contributed by atoms with E-state index in [2.05, 4.69) is 6.92 Å². The van der Waals surface area contributed by atoms with Gasteiger partial charge in [0.15, 0.2) is 0 Å². The number of unbranched alkanes of at least 4 members (excludes halogenated alkanes) is 1. The maximum absolute atomic E-state index is 5.81. The number of nitrogen functional groups attached to an aromatic ring is 1. The van der Waals surface area contributed by atoms with E-state index in [1.54, 1.807) is 19.2 Å². The molecule has 0 amide bonds. The van der Waals surface area contributed by atoms with Gasteiger partial charge in [-0.25, -0.2) is 0 Å². The summed E-state index contributed by atoms with van der Waals surface area (Å²) in [5.41, 5.74) is 6.39. The van der Waals surface area contributed by atoms with Crippen molar-refractivity contribution < 1.29 is 14.2 Å². The van der Waals surface area contributed by atoms with Gasteiger partial charge >= 0.3 is 0 Å². The minimum atomic E-state index is 0.514. The molecule has 0 aromatic heterocycles. The Morgan fingerprint density at radius 2 is 2.00 bits per heavy atom. The van der Waals surface area contributed by atoms with Crippen molar-refractivity contribution in [3.05, 3.63) is 18.2 Å². The van der Waals surface area contributed by atoms with Crippen molar-refractivity contribution in [2.75, 3.05) is 32.7 Å². The average molecular weight is 239 g/mol. The number of rotatable bonds is 8. The predicted molar refractivity (Wildman–Crippen MR) is 68.6 cm³/mol. The summed E-state index contributed by atoms with van der Waals surface area (Å²) in [4.78, 5) is 0. The molecule has 2 N–H and O–H groups in total. The van der Waals surface area contributed by atoms with E-state index in [-0.39, 0.29) is 0 Å². The minimum absolute atomic E-state index is 0.514. The second-order valence-corrected chi connectivity index (χ2v) is 3.72. The van der Waals surface area contributed by atoms with E-state index < -0.39 is 0 Å². The van der Waals surface area contributed by atoms with Gasteiger partial charge in [0.05, 0.1) is 19.4 Å². The van der Waals surface area contributed by atoms with Crippen molar-refractivity contribution in [2.45, 2.75) is 19.8 Å². The lowest BCUT2D eigenvalue weighted by Gasteiger charge is -2.10. The van der Waals surface area contributed by atoms with E-state index in [0.29, 0.717) is 24.7 Å². The highest BCUT2D eigenvalue weighted by Crippen LogP contribution is 2.25. The minimum Gasteiger partial charge on any atom is -0.497 e. The molecule has 0 aliphatic carbocycles. The third kappa shape index (κ3) is 4.95. The van der Waals surface area contributed by atoms with Crippen LogP contribution in [-0.2, 0) is 4.74 Å². The Labute approximate surface area is 103 Å². The summed E-state index contributed by atoms with van der Waals surface area (Å²) in [6.45, 7) is 4.03. The monoisotopic (exact) mass is 239 g/mol. The predicted octanol–water partition coefficient (Wildman–Crippen LogP) is 2.47. The Hall–Kier alpha value is -1.42. The fraction of sp³-hybridized carbons (Fsp3) is 0.538. The lowest BCUT2D eigenvalue weighted by Crippen LogP contribution is -2.08. The Morgan fingerprint density at radius 1 is 1.18 bits per heavy atom. The highest BCUT2D eigenvalue weighted by atomic mass is 16.5. The first kappa shape index (κ1) is 13.6. The zero-order valence-corrected chi connectivity index (χ0v) is 10.6. The first-order valence-corrected chi connectivity index (χ1v) is 5.92. The molecule has 4 nitrogen and oxygen atoms in total. The van der Waals surface area contributed by atoms with E-state index in [0.717, 1.165) is 25.2 Å². The fourth-order valence-electron chi connectivity index (χ4n) is 1.34. The number of benzene rings is 1. The largest absolute Gasteiger partial charge is 0.497 e. The third-order valence-electron chi connectivity index (χ3n) is 2.34. The lowest BCUT2D eigenvalue weighted by atomic mass is 10.3. The van der Waals surface area contributed by atoms with Gasteiger partial charge in [-0.3, -0.25) is 0 Å². The molecule has 0 fully saturated rings. The van der Waals surface area contributed by atoms with Crippen LogP contribution in [0.5, 0.6) is 11.5 Å². The van der Waals surface area contributed by atoms with Gasteiger partial charge in [-0.2, -0.15) is 0 Å². The summed E-state index contributed by atoms with van der Waals surface area (Å²) in [5.74, 6) is 1.40. The van der Waals surface area contributed by atoms with Crippen LogP contribution in [-0.4, -0.2) is 26.9 Å². The van der Waals surface area contributed by atoms with Gasteiger partial charge in [-0.1, -0.05) is 13.3 Å². The molecule has 0 atom stereocenters. The summed E-state index contributed by atoms with van der Waals surface area (Å²) in [5, 5.41) is 0. The van der Waals surface area contributed by atoms with Crippen LogP contribution in [0.3, 0.4) is 0 Å². The molecule has 4 heteroatoms. The summed E-state index contributed by atoms with van der Waals surface area (Å²) >= 11 is 0. The number of anilines is 1. The maximum atomic E-state index is 5.81. The number of hydrogen-bond acceptors (Lipinski definition) is 4. The molecule has 0 unspecified atom stereocenters. The molecular weight excluding hydrogens is 218 g/mol. The van der Waals surface area contributed by atoms with Gasteiger partial charge in [0.25, 0.3) is 0 Å². The Kier molecular flexibility index (Phi) is 6.25. The first-order chi connectivity index (χ1) is 8.27. The second kappa shape index (κ2) is 7.79. The van der Waals surface area contributed by atoms with Crippen molar-refractivity contribution in [3.8, 4) is 11.5 Å². The standard InChI is InChI=1S/C13H21NO3/c1-3-4-7-16-8-9-17-13-6-5-11(15-2)10-12(13)14/h5-6,10H,3-4,7-9,14H2,1-2H3. The maximum Gasteiger partial charge on any atom is 0.142 e. The molecule has 1 aromatic carbocycles. The molecule has 96 valence electrons. The van der Waals surface area contributed by atoms with E-state index in [9.17, 15) is 0 Å². The summed E-state index contributed by atoms with van der Waals surface area (Å²) in [6, 6.07) is 5.37. The Bertz CT molecular complexity index is 328. The third-order valence-corrected chi connectivity index (χ3v) is 2.34. The molecule has 0 saturated carbocycles. The normalized spacial score (nSPS) is 10.2. The molecule has 1 rings (SSSR count). The number of ether oxygens (including phenoxy) is 3. The van der Waals surface area contributed by atoms with Crippen LogP contribution in [0, 0.1) is 0 Å². The van der Waals surface area contributed by atoms with Gasteiger partial charge in [-0.15, -0.1) is 0 Å². The highest BCUT2D eigenvalue weighted by molar-refractivity contribution is 5.56. The SMILES string of the molecule is CCCCOCCOc1ccc(OC)cc1N. The summed E-state index contributed by atoms with van der Waals surface area (Å²) in [7, 11) is 1.61. The van der Waals surface area contributed by atoms with Crippen molar-refractivity contribution >= 4 is 5.69 Å². The van der Waals surface area contributed by atoms with Crippen LogP contribution >= 0.6 is 0 Å². The highest BCUT2D eigenvalue weighted by Gasteiger charge is 2.01. The van der Waals surface area contributed by atoms with Crippen molar-refractivity contribution in [3.63, 3.8) is 0 Å². The van der Waals surface area contributed by atoms with Crippen LogP contribution < -0.4 is 15.2 Å². The molecule has 17 heavy (non-hydrogen) atoms. The van der Waals surface area contributed by atoms with Crippen molar-refractivity contribution in [1.82, 2.24) is 0 Å². The molecule has 0 aliphatic rings. The second-order valence-electron chi connectivity index (χ2n) is 3.72. The van der Waals surface area contributed by atoms with Crippen molar-refractivity contribution in [2.24, 2.45) is 0 Å². The quantitative estimate of drug-likeness (QED) is 0.559. The smallest absolute Gasteiger partial charge is 0.142 e. The molecule has 0 bridgehead atoms. The fourth-order valence-corrected chi connectivity index (χ4v) is 1.34. The van der Waals surface area contributed by atoms with Crippen molar-refractivity contribution in [1.29, 1.82) is 0 Å². The molecule has 0 radical (unpaired) electrons. The van der Waals surface area contributed by atoms with E-state index in [1.807, 2.05) is 6.07 Å². The van der Waals surface area contributed by atoms with E-state index in [4.69, 9.17) is 19.9 Å². The average Bonchev–Trinajstić information content (AvgIpc) is 2.35. The molecule has 0 aliphatic heterocycles. The molecule has 0 heterocycles. The molecule has 0 spiro atoms. The zero-order valence-electron chi connectivity index (χ0n) is 10.6. The van der Waals surface area contributed by atoms with Gasteiger partial charge in [0, 0.05) is 12.7 Å². The van der Waals surface area contributed by atoms with Gasteiger partial charge in [0.2, 0.25) is 0 Å². The molecular formula is C13H21NO3. The Morgan fingerprint density at radius 3 is 2.65 bits per heavy atom.